The van der Waals surface area contributed by atoms with Crippen LogP contribution in [0.4, 0.5) is 4.79 Å². The third-order valence-corrected chi connectivity index (χ3v) is 5.34. The Labute approximate surface area is 167 Å². The summed E-state index contributed by atoms with van der Waals surface area (Å²) in [6.07, 6.45) is 4.06. The molecule has 1 aliphatic heterocycles. The lowest BCUT2D eigenvalue weighted by Crippen LogP contribution is -2.48. The Morgan fingerprint density at radius 1 is 1.10 bits per heavy atom. The average molecular weight is 401 g/mol. The average Bonchev–Trinajstić information content (AvgIpc) is 2.91. The minimum atomic E-state index is -0.834. The van der Waals surface area contributed by atoms with Gasteiger partial charge in [0, 0.05) is 13.1 Å². The first-order chi connectivity index (χ1) is 13.8. The standard InChI is InChI=1S/C20H23N3O6/c1-11-5-3-4-6-15(11)21-20(28)22-16(24)10-29-19(27)12-7-8-13-14(9-12)18(26)23(2)17(13)25/h7-9,11,15H,3-6,10H2,1-2H3,(H2,21,22,24,28). The number of fused-ring (bicyclic) bond motifs is 1. The number of ether oxygens (including phenoxy) is 1. The third-order valence-electron chi connectivity index (χ3n) is 5.34. The lowest BCUT2D eigenvalue weighted by atomic mass is 9.86. The second kappa shape index (κ2) is 8.42. The summed E-state index contributed by atoms with van der Waals surface area (Å²) in [7, 11) is 1.35. The first kappa shape index (κ1) is 20.5. The molecule has 2 unspecified atom stereocenters. The van der Waals surface area contributed by atoms with Gasteiger partial charge < -0.3 is 10.1 Å². The van der Waals surface area contributed by atoms with E-state index in [1.54, 1.807) is 0 Å². The van der Waals surface area contributed by atoms with E-state index < -0.39 is 36.3 Å². The zero-order chi connectivity index (χ0) is 21.1. The number of urea groups is 1. The van der Waals surface area contributed by atoms with Gasteiger partial charge in [-0.2, -0.15) is 0 Å². The number of imide groups is 2. The van der Waals surface area contributed by atoms with Crippen LogP contribution >= 0.6 is 0 Å². The van der Waals surface area contributed by atoms with Gasteiger partial charge in [-0.15, -0.1) is 0 Å². The van der Waals surface area contributed by atoms with E-state index >= 15 is 0 Å². The van der Waals surface area contributed by atoms with Gasteiger partial charge in [0.05, 0.1) is 16.7 Å². The highest BCUT2D eigenvalue weighted by Crippen LogP contribution is 2.24. The highest BCUT2D eigenvalue weighted by Gasteiger charge is 2.33. The maximum Gasteiger partial charge on any atom is 0.338 e. The van der Waals surface area contributed by atoms with Crippen molar-refractivity contribution in [3.63, 3.8) is 0 Å². The summed E-state index contributed by atoms with van der Waals surface area (Å²) in [5.74, 6) is -2.20. The topological polar surface area (TPSA) is 122 Å². The molecule has 29 heavy (non-hydrogen) atoms. The fourth-order valence-corrected chi connectivity index (χ4v) is 3.60. The fourth-order valence-electron chi connectivity index (χ4n) is 3.60. The van der Waals surface area contributed by atoms with Crippen LogP contribution < -0.4 is 10.6 Å². The van der Waals surface area contributed by atoms with Crippen molar-refractivity contribution < 1.29 is 28.7 Å². The Morgan fingerprint density at radius 3 is 2.52 bits per heavy atom. The third kappa shape index (κ3) is 4.44. The number of carbonyl (C=O) groups is 5. The van der Waals surface area contributed by atoms with Crippen LogP contribution in [0.1, 0.15) is 63.7 Å². The van der Waals surface area contributed by atoms with Gasteiger partial charge in [-0.3, -0.25) is 24.6 Å². The van der Waals surface area contributed by atoms with Gasteiger partial charge in [0.2, 0.25) is 0 Å². The zero-order valence-corrected chi connectivity index (χ0v) is 16.3. The van der Waals surface area contributed by atoms with E-state index in [-0.39, 0.29) is 22.7 Å². The molecule has 2 aliphatic rings. The molecule has 2 atom stereocenters. The van der Waals surface area contributed by atoms with E-state index in [9.17, 15) is 24.0 Å². The molecule has 1 aromatic rings. The molecule has 2 N–H and O–H groups in total. The first-order valence-electron chi connectivity index (χ1n) is 9.52. The quantitative estimate of drug-likeness (QED) is 0.582. The second-order valence-electron chi connectivity index (χ2n) is 7.40. The van der Waals surface area contributed by atoms with Crippen LogP contribution in [0.15, 0.2) is 18.2 Å². The molecule has 1 aromatic carbocycles. The Bertz CT molecular complexity index is 881. The number of amides is 5. The molecule has 9 nitrogen and oxygen atoms in total. The molecule has 1 saturated carbocycles. The second-order valence-corrected chi connectivity index (χ2v) is 7.40. The van der Waals surface area contributed by atoms with Gasteiger partial charge in [0.25, 0.3) is 17.7 Å². The van der Waals surface area contributed by atoms with Crippen molar-refractivity contribution >= 4 is 29.7 Å². The summed E-state index contributed by atoms with van der Waals surface area (Å²) in [5, 5.41) is 4.92. The minimum absolute atomic E-state index is 0.0175. The fraction of sp³-hybridized carbons (Fsp3) is 0.450. The molecule has 9 heteroatoms. The van der Waals surface area contributed by atoms with E-state index in [4.69, 9.17) is 4.74 Å². The molecule has 1 aliphatic carbocycles. The highest BCUT2D eigenvalue weighted by atomic mass is 16.5. The molecule has 5 amide bonds. The van der Waals surface area contributed by atoms with Gasteiger partial charge in [-0.25, -0.2) is 9.59 Å². The van der Waals surface area contributed by atoms with E-state index in [0.717, 1.165) is 30.6 Å². The van der Waals surface area contributed by atoms with Gasteiger partial charge >= 0.3 is 12.0 Å². The molecule has 0 radical (unpaired) electrons. The zero-order valence-electron chi connectivity index (χ0n) is 16.3. The monoisotopic (exact) mass is 401 g/mol. The van der Waals surface area contributed by atoms with Crippen LogP contribution in [0, 0.1) is 5.92 Å². The smallest absolute Gasteiger partial charge is 0.338 e. The summed E-state index contributed by atoms with van der Waals surface area (Å²) in [6, 6.07) is 3.38. The molecule has 1 fully saturated rings. The van der Waals surface area contributed by atoms with Crippen molar-refractivity contribution in [2.75, 3.05) is 13.7 Å². The van der Waals surface area contributed by atoms with Crippen molar-refractivity contribution in [1.82, 2.24) is 15.5 Å². The largest absolute Gasteiger partial charge is 0.452 e. The van der Waals surface area contributed by atoms with Crippen LogP contribution in [0.25, 0.3) is 0 Å². The number of nitrogens with one attached hydrogen (secondary N) is 2. The van der Waals surface area contributed by atoms with E-state index in [2.05, 4.69) is 17.6 Å². The summed E-state index contributed by atoms with van der Waals surface area (Å²) >= 11 is 0. The number of benzene rings is 1. The van der Waals surface area contributed by atoms with Crippen molar-refractivity contribution in [3.05, 3.63) is 34.9 Å². The Kier molecular flexibility index (Phi) is 5.95. The Morgan fingerprint density at radius 2 is 1.79 bits per heavy atom. The Hall–Kier alpha value is -3.23. The van der Waals surface area contributed by atoms with Crippen LogP contribution in [0.5, 0.6) is 0 Å². The summed E-state index contributed by atoms with van der Waals surface area (Å²) in [4.78, 5) is 60.8. The molecular formula is C20H23N3O6. The van der Waals surface area contributed by atoms with Crippen LogP contribution in [-0.4, -0.2) is 54.3 Å². The van der Waals surface area contributed by atoms with Gasteiger partial charge in [0.1, 0.15) is 0 Å². The summed E-state index contributed by atoms with van der Waals surface area (Å²) in [6.45, 7) is 1.41. The maximum atomic E-state index is 12.2. The normalized spacial score (nSPS) is 20.8. The number of esters is 1. The van der Waals surface area contributed by atoms with Gasteiger partial charge in [-0.05, 0) is 37.0 Å². The van der Waals surface area contributed by atoms with Crippen molar-refractivity contribution in [2.24, 2.45) is 5.92 Å². The molecule has 0 aromatic heterocycles. The molecule has 0 saturated heterocycles. The molecular weight excluding hydrogens is 378 g/mol. The van der Waals surface area contributed by atoms with E-state index in [0.29, 0.717) is 5.92 Å². The SMILES string of the molecule is CC1CCCCC1NC(=O)NC(=O)COC(=O)c1ccc2c(c1)C(=O)N(C)C2=O. The van der Waals surface area contributed by atoms with Gasteiger partial charge in [0.15, 0.2) is 6.61 Å². The van der Waals surface area contributed by atoms with E-state index in [1.165, 1.54) is 25.2 Å². The van der Waals surface area contributed by atoms with Crippen LogP contribution in [0.3, 0.4) is 0 Å². The lowest BCUT2D eigenvalue weighted by Gasteiger charge is -2.29. The number of hydrogen-bond acceptors (Lipinski definition) is 6. The number of rotatable bonds is 4. The minimum Gasteiger partial charge on any atom is -0.452 e. The predicted octanol–water partition coefficient (Wildman–Crippen LogP) is 1.47. The highest BCUT2D eigenvalue weighted by molar-refractivity contribution is 6.21. The predicted molar refractivity (Wildman–Crippen MR) is 101 cm³/mol. The molecule has 1 heterocycles. The molecule has 0 spiro atoms. The van der Waals surface area contributed by atoms with Crippen molar-refractivity contribution in [3.8, 4) is 0 Å². The van der Waals surface area contributed by atoms with Crippen molar-refractivity contribution in [2.45, 2.75) is 38.6 Å². The summed E-state index contributed by atoms with van der Waals surface area (Å²) in [5.41, 5.74) is 0.353. The maximum absolute atomic E-state index is 12.2. The molecule has 154 valence electrons. The Balaban J connectivity index is 1.50. The lowest BCUT2D eigenvalue weighted by molar-refractivity contribution is -0.123. The van der Waals surface area contributed by atoms with Crippen molar-refractivity contribution in [1.29, 1.82) is 0 Å². The number of hydrogen-bond donors (Lipinski definition) is 2. The van der Waals surface area contributed by atoms with Crippen LogP contribution in [-0.2, 0) is 9.53 Å². The first-order valence-corrected chi connectivity index (χ1v) is 9.52. The van der Waals surface area contributed by atoms with Crippen LogP contribution in [0.2, 0.25) is 0 Å². The van der Waals surface area contributed by atoms with Gasteiger partial charge in [-0.1, -0.05) is 19.8 Å². The molecule has 0 bridgehead atoms. The molecule has 3 rings (SSSR count). The van der Waals surface area contributed by atoms with E-state index in [1.807, 2.05) is 0 Å². The number of carbonyl (C=O) groups excluding carboxylic acids is 5. The summed E-state index contributed by atoms with van der Waals surface area (Å²) < 4.78 is 4.91. The number of nitrogens with zero attached hydrogens (tertiary/aromatic N) is 1.